The van der Waals surface area contributed by atoms with Crippen LogP contribution in [0.3, 0.4) is 0 Å². The van der Waals surface area contributed by atoms with E-state index in [0.717, 1.165) is 31.7 Å². The summed E-state index contributed by atoms with van der Waals surface area (Å²) >= 11 is 1.90. The van der Waals surface area contributed by atoms with E-state index in [1.54, 1.807) is 7.11 Å². The SMILES string of the molecule is CCCNC(c1ccc(SCC)cc1)C(C)CCOC. The summed E-state index contributed by atoms with van der Waals surface area (Å²) in [5.41, 5.74) is 1.39. The highest BCUT2D eigenvalue weighted by molar-refractivity contribution is 7.99. The summed E-state index contributed by atoms with van der Waals surface area (Å²) in [6.07, 6.45) is 2.25. The molecule has 1 aromatic rings. The summed E-state index contributed by atoms with van der Waals surface area (Å²) in [5.74, 6) is 1.70. The highest BCUT2D eigenvalue weighted by atomic mass is 32.2. The minimum atomic E-state index is 0.422. The Hall–Kier alpha value is -0.510. The molecule has 1 N–H and O–H groups in total. The van der Waals surface area contributed by atoms with Crippen molar-refractivity contribution in [3.05, 3.63) is 29.8 Å². The second kappa shape index (κ2) is 10.3. The number of hydrogen-bond acceptors (Lipinski definition) is 3. The van der Waals surface area contributed by atoms with E-state index in [4.69, 9.17) is 4.74 Å². The van der Waals surface area contributed by atoms with Crippen LogP contribution in [-0.4, -0.2) is 26.0 Å². The van der Waals surface area contributed by atoms with Gasteiger partial charge >= 0.3 is 0 Å². The van der Waals surface area contributed by atoms with Crippen molar-refractivity contribution in [2.24, 2.45) is 5.92 Å². The van der Waals surface area contributed by atoms with Crippen molar-refractivity contribution in [3.8, 4) is 0 Å². The van der Waals surface area contributed by atoms with E-state index < -0.39 is 0 Å². The first kappa shape index (κ1) is 17.5. The zero-order chi connectivity index (χ0) is 14.8. The molecule has 0 radical (unpaired) electrons. The van der Waals surface area contributed by atoms with Gasteiger partial charge in [-0.25, -0.2) is 0 Å². The van der Waals surface area contributed by atoms with Crippen LogP contribution in [-0.2, 0) is 4.74 Å². The lowest BCUT2D eigenvalue weighted by atomic mass is 9.92. The van der Waals surface area contributed by atoms with Gasteiger partial charge in [0.2, 0.25) is 0 Å². The fourth-order valence-corrected chi connectivity index (χ4v) is 3.02. The van der Waals surface area contributed by atoms with Crippen molar-refractivity contribution in [1.29, 1.82) is 0 Å². The van der Waals surface area contributed by atoms with Gasteiger partial charge in [-0.3, -0.25) is 0 Å². The van der Waals surface area contributed by atoms with Gasteiger partial charge in [-0.2, -0.15) is 0 Å². The van der Waals surface area contributed by atoms with Gasteiger partial charge in [0.15, 0.2) is 0 Å². The van der Waals surface area contributed by atoms with E-state index in [2.05, 4.69) is 50.4 Å². The lowest BCUT2D eigenvalue weighted by Crippen LogP contribution is -2.28. The van der Waals surface area contributed by atoms with Crippen LogP contribution in [0.25, 0.3) is 0 Å². The van der Waals surface area contributed by atoms with Gasteiger partial charge in [0.25, 0.3) is 0 Å². The first-order valence-electron chi connectivity index (χ1n) is 7.68. The van der Waals surface area contributed by atoms with E-state index in [1.807, 2.05) is 11.8 Å². The molecule has 0 aliphatic rings. The maximum absolute atomic E-state index is 5.22. The summed E-state index contributed by atoms with van der Waals surface area (Å²) in [7, 11) is 1.78. The standard InChI is InChI=1S/C17H29NOS/c1-5-12-18-17(14(3)11-13-19-4)15-7-9-16(10-8-15)20-6-2/h7-10,14,17-18H,5-6,11-13H2,1-4H3. The van der Waals surface area contributed by atoms with E-state index in [0.29, 0.717) is 12.0 Å². The number of rotatable bonds is 10. The minimum absolute atomic E-state index is 0.422. The summed E-state index contributed by atoms with van der Waals surface area (Å²) in [4.78, 5) is 1.36. The van der Waals surface area contributed by atoms with Gasteiger partial charge in [-0.1, -0.05) is 32.9 Å². The Morgan fingerprint density at radius 2 is 1.90 bits per heavy atom. The third-order valence-corrected chi connectivity index (χ3v) is 4.40. The van der Waals surface area contributed by atoms with Gasteiger partial charge in [-0.15, -0.1) is 11.8 Å². The summed E-state index contributed by atoms with van der Waals surface area (Å²) in [6.45, 7) is 8.60. The first-order valence-corrected chi connectivity index (χ1v) is 8.66. The van der Waals surface area contributed by atoms with Crippen LogP contribution in [0, 0.1) is 5.92 Å². The van der Waals surface area contributed by atoms with Gasteiger partial charge in [0.05, 0.1) is 0 Å². The second-order valence-corrected chi connectivity index (χ2v) is 6.53. The number of thioether (sulfide) groups is 1. The van der Waals surface area contributed by atoms with Crippen LogP contribution in [0.15, 0.2) is 29.2 Å². The highest BCUT2D eigenvalue weighted by Crippen LogP contribution is 2.27. The lowest BCUT2D eigenvalue weighted by Gasteiger charge is -2.26. The molecule has 0 spiro atoms. The van der Waals surface area contributed by atoms with E-state index in [9.17, 15) is 0 Å². The first-order chi connectivity index (χ1) is 9.72. The Morgan fingerprint density at radius 3 is 2.45 bits per heavy atom. The molecule has 1 rings (SSSR count). The molecule has 0 aliphatic carbocycles. The van der Waals surface area contributed by atoms with Crippen LogP contribution in [0.2, 0.25) is 0 Å². The molecule has 2 unspecified atom stereocenters. The highest BCUT2D eigenvalue weighted by Gasteiger charge is 2.18. The summed E-state index contributed by atoms with van der Waals surface area (Å²) < 4.78 is 5.22. The zero-order valence-corrected chi connectivity index (χ0v) is 14.1. The molecule has 0 saturated heterocycles. The second-order valence-electron chi connectivity index (χ2n) is 5.19. The fourth-order valence-electron chi connectivity index (χ4n) is 2.36. The molecule has 0 heterocycles. The molecule has 0 amide bonds. The molecule has 0 fully saturated rings. The monoisotopic (exact) mass is 295 g/mol. The molecule has 20 heavy (non-hydrogen) atoms. The zero-order valence-electron chi connectivity index (χ0n) is 13.3. The van der Waals surface area contributed by atoms with E-state index in [1.165, 1.54) is 10.5 Å². The summed E-state index contributed by atoms with van der Waals surface area (Å²) in [5, 5.41) is 3.68. The van der Waals surface area contributed by atoms with E-state index in [-0.39, 0.29) is 0 Å². The van der Waals surface area contributed by atoms with Crippen molar-refractivity contribution in [2.75, 3.05) is 26.0 Å². The van der Waals surface area contributed by atoms with Crippen LogP contribution < -0.4 is 5.32 Å². The predicted molar refractivity (Wildman–Crippen MR) is 89.5 cm³/mol. The van der Waals surface area contributed by atoms with Crippen molar-refractivity contribution in [3.63, 3.8) is 0 Å². The van der Waals surface area contributed by atoms with Gasteiger partial charge < -0.3 is 10.1 Å². The van der Waals surface area contributed by atoms with Crippen molar-refractivity contribution < 1.29 is 4.74 Å². The number of nitrogens with one attached hydrogen (secondary N) is 1. The fraction of sp³-hybridized carbons (Fsp3) is 0.647. The van der Waals surface area contributed by atoms with Crippen molar-refractivity contribution >= 4 is 11.8 Å². The largest absolute Gasteiger partial charge is 0.385 e. The predicted octanol–water partition coefficient (Wildman–Crippen LogP) is 4.51. The third kappa shape index (κ3) is 5.86. The molecule has 2 nitrogen and oxygen atoms in total. The van der Waals surface area contributed by atoms with Crippen LogP contribution in [0.4, 0.5) is 0 Å². The molecular formula is C17H29NOS. The number of ether oxygens (including phenoxy) is 1. The molecule has 0 saturated carbocycles. The molecule has 0 aliphatic heterocycles. The van der Waals surface area contributed by atoms with Crippen LogP contribution in [0.1, 0.15) is 45.2 Å². The number of benzene rings is 1. The topological polar surface area (TPSA) is 21.3 Å². The average molecular weight is 295 g/mol. The van der Waals surface area contributed by atoms with Crippen molar-refractivity contribution in [2.45, 2.75) is 44.6 Å². The smallest absolute Gasteiger partial charge is 0.0465 e. The van der Waals surface area contributed by atoms with Gasteiger partial charge in [-0.05, 0) is 48.8 Å². The Labute approximate surface area is 128 Å². The molecule has 0 aromatic heterocycles. The Morgan fingerprint density at radius 1 is 1.20 bits per heavy atom. The van der Waals surface area contributed by atoms with Gasteiger partial charge in [0, 0.05) is 24.7 Å². The lowest BCUT2D eigenvalue weighted by molar-refractivity contribution is 0.170. The molecule has 0 bridgehead atoms. The summed E-state index contributed by atoms with van der Waals surface area (Å²) in [6, 6.07) is 9.45. The molecular weight excluding hydrogens is 266 g/mol. The van der Waals surface area contributed by atoms with Crippen LogP contribution >= 0.6 is 11.8 Å². The normalized spacial score (nSPS) is 14.2. The number of methoxy groups -OCH3 is 1. The maximum Gasteiger partial charge on any atom is 0.0465 e. The molecule has 1 aromatic carbocycles. The molecule has 2 atom stereocenters. The number of hydrogen-bond donors (Lipinski definition) is 1. The van der Waals surface area contributed by atoms with Gasteiger partial charge in [0.1, 0.15) is 0 Å². The third-order valence-electron chi connectivity index (χ3n) is 3.51. The Kier molecular flexibility index (Phi) is 8.99. The minimum Gasteiger partial charge on any atom is -0.385 e. The van der Waals surface area contributed by atoms with Crippen LogP contribution in [0.5, 0.6) is 0 Å². The maximum atomic E-state index is 5.22. The Bertz CT molecular complexity index is 353. The van der Waals surface area contributed by atoms with E-state index >= 15 is 0 Å². The molecule has 3 heteroatoms. The quantitative estimate of drug-likeness (QED) is 0.642. The Balaban J connectivity index is 2.74. The van der Waals surface area contributed by atoms with Crippen molar-refractivity contribution in [1.82, 2.24) is 5.32 Å². The average Bonchev–Trinajstić information content (AvgIpc) is 2.47. The molecule has 114 valence electrons.